The van der Waals surface area contributed by atoms with Crippen LogP contribution in [-0.4, -0.2) is 209 Å². The summed E-state index contributed by atoms with van der Waals surface area (Å²) in [5.74, 6) is -12.1. The molecule has 0 bridgehead atoms. The summed E-state index contributed by atoms with van der Waals surface area (Å²) < 4.78 is 5.53. The fraction of sp³-hybridized carbons (Fsp3) is 0.405. The average molecular weight is 1550 g/mol. The molecule has 0 radical (unpaired) electrons. The van der Waals surface area contributed by atoms with Crippen LogP contribution in [0.25, 0.3) is 10.8 Å². The van der Waals surface area contributed by atoms with E-state index in [2.05, 4.69) is 58.1 Å². The Labute approximate surface area is 647 Å². The van der Waals surface area contributed by atoms with Gasteiger partial charge in [-0.15, -0.1) is 0 Å². The number of aliphatic carboxylic acids is 1. The van der Waals surface area contributed by atoms with Gasteiger partial charge in [0.15, 0.2) is 5.96 Å². The fourth-order valence-electron chi connectivity index (χ4n) is 13.1. The number of nitrogens with zero attached hydrogens (tertiary/aromatic N) is 2. The number of hydrogen-bond acceptors (Lipinski definition) is 17. The van der Waals surface area contributed by atoms with E-state index in [1.54, 1.807) is 92.7 Å². The molecule has 32 heteroatoms. The van der Waals surface area contributed by atoms with Gasteiger partial charge in [-0.3, -0.25) is 68.4 Å². The van der Waals surface area contributed by atoms with Crippen molar-refractivity contribution in [3.05, 3.63) is 190 Å². The van der Waals surface area contributed by atoms with Crippen molar-refractivity contribution in [2.75, 3.05) is 52.5 Å². The third-order valence-corrected chi connectivity index (χ3v) is 19.3. The Hall–Kier alpha value is -11.4. The number of benzene rings is 6. The first-order chi connectivity index (χ1) is 53.1. The van der Waals surface area contributed by atoms with E-state index in [9.17, 15) is 63.3 Å². The number of primary amides is 1. The molecule has 8 rings (SSSR count). The highest BCUT2D eigenvalue weighted by atomic mass is 35.5. The van der Waals surface area contributed by atoms with Crippen LogP contribution in [0.2, 0.25) is 5.02 Å². The number of ether oxygens (including phenoxy) is 1. The normalized spacial score (nSPS) is 16.0. The van der Waals surface area contributed by atoms with Crippen LogP contribution in [0.15, 0.2) is 146 Å². The molecule has 592 valence electrons. The zero-order chi connectivity index (χ0) is 80.3. The molecule has 2 saturated heterocycles. The van der Waals surface area contributed by atoms with Gasteiger partial charge in [0.25, 0.3) is 0 Å². The number of hydrogen-bond donors (Lipinski definition) is 16. The van der Waals surface area contributed by atoms with E-state index < -0.39 is 145 Å². The molecule has 0 aromatic heterocycles. The number of amides is 10. The van der Waals surface area contributed by atoms with Gasteiger partial charge in [-0.25, -0.2) is 4.79 Å². The summed E-state index contributed by atoms with van der Waals surface area (Å²) in [6.07, 6.45) is -0.0269. The van der Waals surface area contributed by atoms with Crippen LogP contribution in [0, 0.1) is 11.3 Å². The van der Waals surface area contributed by atoms with E-state index in [1.807, 2.05) is 42.5 Å². The number of morpholine rings is 1. The Balaban J connectivity index is 1.08. The van der Waals surface area contributed by atoms with E-state index in [-0.39, 0.29) is 87.5 Å². The third kappa shape index (κ3) is 26.2. The minimum absolute atomic E-state index is 0.000288. The van der Waals surface area contributed by atoms with Gasteiger partial charge in [0, 0.05) is 57.0 Å². The maximum atomic E-state index is 15.4. The summed E-state index contributed by atoms with van der Waals surface area (Å²) in [5.41, 5.74) is 13.9. The predicted molar refractivity (Wildman–Crippen MR) is 412 cm³/mol. The van der Waals surface area contributed by atoms with Gasteiger partial charge < -0.3 is 84.3 Å². The number of guanidine groups is 1. The number of aliphatic hydroxyl groups excluding tert-OH is 1. The number of carboxylic acids is 2. The minimum Gasteiger partial charge on any atom is -0.480 e. The summed E-state index contributed by atoms with van der Waals surface area (Å²) in [6.45, 7) is 6.42. The molecule has 2 heterocycles. The van der Waals surface area contributed by atoms with Crippen LogP contribution < -0.4 is 64.6 Å². The SMILES string of the molecule is CC(C)C[C@H](NC(=O)[C@H](NC(=O)[C@H](Cc1ccc(CN2CCOCC2)cc1)NC(=O)[C@H](CO)NC(=O)[C@@H](Cc1ccccc1)NC(=O)[C@@H](Cc1ccc(Cl)cc1)NC(=O)[C@@H](Cc1cccc2ccccc12)NCC(=O)O)c1ccc(C(=O)O)cc1)C(=O)N[C@@H](CCCNC(=N)N)C(=O)N1CCC[C@H]1C(=O)N[C@H](C)C(N)=O. The standard InChI is InChI=1S/C79H98ClN15O16/c1-46(2)38-60(70(101)87-58(18-10-32-84-79(82)83)77(108)95-33-11-19-65(95)75(106)86-47(3)68(81)99)91-76(107)67(53-26-28-54(29-27-53)78(109)110)93-73(104)63(40-49-20-22-51(23-21-49)44-94-34-36-111-37-35-94)90-74(105)64(45-96)92-72(103)61(39-48-12-5-4-6-13-48)89-71(102)62(41-50-24-30-56(80)31-25-50)88-69(100)59(85-43-66(97)98)42-55-16-9-15-52-14-7-8-17-57(52)55/h4-9,12-17,20-31,46-47,58-65,67,85,96H,10-11,18-19,32-45H2,1-3H3,(H2,81,99)(H,86,106)(H,87,101)(H,88,100)(H,89,102)(H,90,105)(H,91,107)(H,92,103)(H,93,104)(H,97,98)(H,109,110)(H4,82,83,84)/t47-,58+,59-,60+,61-,62-,63+,64+,65+,67-/m1/s1. The molecule has 2 fully saturated rings. The van der Waals surface area contributed by atoms with Crippen molar-refractivity contribution >= 4 is 99.3 Å². The zero-order valence-electron chi connectivity index (χ0n) is 62.0. The molecule has 18 N–H and O–H groups in total. The molecular weight excluding hydrogens is 1450 g/mol. The highest BCUT2D eigenvalue weighted by molar-refractivity contribution is 6.30. The second-order valence-electron chi connectivity index (χ2n) is 28.0. The maximum Gasteiger partial charge on any atom is 0.335 e. The van der Waals surface area contributed by atoms with Crippen LogP contribution in [0.1, 0.15) is 103 Å². The predicted octanol–water partition coefficient (Wildman–Crippen LogP) is 1.39. The number of fused-ring (bicyclic) bond motifs is 1. The Morgan fingerprint density at radius 1 is 0.559 bits per heavy atom. The summed E-state index contributed by atoms with van der Waals surface area (Å²) in [5, 5.41) is 67.5. The summed E-state index contributed by atoms with van der Waals surface area (Å²) in [6, 6.07) is 25.4. The molecule has 10 atom stereocenters. The average Bonchev–Trinajstić information content (AvgIpc) is 1.67. The molecule has 6 aromatic carbocycles. The number of halogens is 1. The van der Waals surface area contributed by atoms with Crippen molar-refractivity contribution in [1.82, 2.24) is 63.0 Å². The summed E-state index contributed by atoms with van der Waals surface area (Å²) in [4.78, 5) is 173. The summed E-state index contributed by atoms with van der Waals surface area (Å²) in [7, 11) is 0. The maximum absolute atomic E-state index is 15.4. The Kier molecular flexibility index (Phi) is 32.2. The third-order valence-electron chi connectivity index (χ3n) is 19.0. The van der Waals surface area contributed by atoms with Crippen LogP contribution in [0.4, 0.5) is 0 Å². The van der Waals surface area contributed by atoms with Crippen molar-refractivity contribution in [3.63, 3.8) is 0 Å². The topological polar surface area (TPSA) is 477 Å². The summed E-state index contributed by atoms with van der Waals surface area (Å²) >= 11 is 6.27. The van der Waals surface area contributed by atoms with Gasteiger partial charge in [-0.2, -0.15) is 0 Å². The van der Waals surface area contributed by atoms with E-state index in [4.69, 9.17) is 33.2 Å². The number of likely N-dealkylation sites (tertiary alicyclic amines) is 1. The molecule has 2 aliphatic heterocycles. The second-order valence-corrected chi connectivity index (χ2v) is 28.4. The zero-order valence-corrected chi connectivity index (χ0v) is 62.8. The number of nitrogens with two attached hydrogens (primary N) is 2. The Morgan fingerprint density at radius 2 is 1.08 bits per heavy atom. The van der Waals surface area contributed by atoms with E-state index >= 15 is 9.59 Å². The van der Waals surface area contributed by atoms with Crippen molar-refractivity contribution in [1.29, 1.82) is 5.41 Å². The molecule has 31 nitrogen and oxygen atoms in total. The lowest BCUT2D eigenvalue weighted by molar-refractivity contribution is -0.142. The molecule has 2 aliphatic rings. The highest BCUT2D eigenvalue weighted by Crippen LogP contribution is 2.24. The quantitative estimate of drug-likeness (QED) is 0.0147. The smallest absolute Gasteiger partial charge is 0.335 e. The van der Waals surface area contributed by atoms with Gasteiger partial charge in [0.05, 0.1) is 38.0 Å². The van der Waals surface area contributed by atoms with Crippen LogP contribution in [0.5, 0.6) is 0 Å². The Morgan fingerprint density at radius 3 is 1.67 bits per heavy atom. The lowest BCUT2D eigenvalue weighted by Gasteiger charge is -2.31. The van der Waals surface area contributed by atoms with Gasteiger partial charge >= 0.3 is 11.9 Å². The minimum atomic E-state index is -1.86. The van der Waals surface area contributed by atoms with E-state index in [0.29, 0.717) is 66.5 Å². The second kappa shape index (κ2) is 42.0. The molecule has 0 saturated carbocycles. The van der Waals surface area contributed by atoms with Gasteiger partial charge in [0.2, 0.25) is 59.1 Å². The number of aromatic carboxylic acids is 1. The van der Waals surface area contributed by atoms with Crippen molar-refractivity contribution in [2.45, 2.75) is 146 Å². The van der Waals surface area contributed by atoms with Crippen LogP contribution in [0.3, 0.4) is 0 Å². The van der Waals surface area contributed by atoms with Crippen molar-refractivity contribution in [2.24, 2.45) is 17.4 Å². The van der Waals surface area contributed by atoms with Gasteiger partial charge in [-0.1, -0.05) is 147 Å². The number of carboxylic acid groups (broad SMARTS) is 2. The fourth-order valence-corrected chi connectivity index (χ4v) is 13.2. The number of carbonyl (C=O) groups is 12. The number of rotatable bonds is 40. The largest absolute Gasteiger partial charge is 0.480 e. The molecule has 0 aliphatic carbocycles. The van der Waals surface area contributed by atoms with Crippen LogP contribution in [-0.2, 0) is 89.7 Å². The number of aliphatic hydroxyl groups is 1. The Bertz CT molecular complexity index is 4240. The molecular formula is C79H98ClN15O16. The first-order valence-corrected chi connectivity index (χ1v) is 37.1. The monoisotopic (exact) mass is 1550 g/mol. The lowest BCUT2D eigenvalue weighted by atomic mass is 9.97. The number of nitrogens with one attached hydrogen (secondary N) is 11. The van der Waals surface area contributed by atoms with Crippen molar-refractivity contribution in [3.8, 4) is 0 Å². The number of carbonyl (C=O) groups excluding carboxylic acids is 10. The van der Waals surface area contributed by atoms with Crippen LogP contribution >= 0.6 is 11.6 Å². The molecule has 10 amide bonds. The first kappa shape index (κ1) is 85.2. The van der Waals surface area contributed by atoms with Crippen molar-refractivity contribution < 1.29 is 77.6 Å². The van der Waals surface area contributed by atoms with Gasteiger partial charge in [0.1, 0.15) is 54.4 Å². The van der Waals surface area contributed by atoms with E-state index in [0.717, 1.165) is 16.3 Å². The highest BCUT2D eigenvalue weighted by Gasteiger charge is 2.41. The molecule has 111 heavy (non-hydrogen) atoms. The molecule has 0 spiro atoms. The molecule has 6 aromatic rings. The molecule has 0 unspecified atom stereocenters. The first-order valence-electron chi connectivity index (χ1n) is 36.8. The van der Waals surface area contributed by atoms with E-state index in [1.165, 1.54) is 36.1 Å². The lowest BCUT2D eigenvalue weighted by Crippen LogP contribution is -2.61. The van der Waals surface area contributed by atoms with Gasteiger partial charge in [-0.05, 0) is 120 Å².